The lowest BCUT2D eigenvalue weighted by molar-refractivity contribution is 0.0697. The van der Waals surface area contributed by atoms with Crippen molar-refractivity contribution in [1.82, 2.24) is 5.32 Å². The van der Waals surface area contributed by atoms with Crippen molar-refractivity contribution in [3.8, 4) is 0 Å². The van der Waals surface area contributed by atoms with Crippen molar-refractivity contribution in [2.75, 3.05) is 13.1 Å². The van der Waals surface area contributed by atoms with Crippen LogP contribution >= 0.6 is 8.03 Å². The number of aliphatic hydroxyl groups is 1. The van der Waals surface area contributed by atoms with Crippen LogP contribution in [0.5, 0.6) is 0 Å². The molecule has 1 aromatic rings. The zero-order chi connectivity index (χ0) is 18.9. The monoisotopic (exact) mass is 383 g/mol. The van der Waals surface area contributed by atoms with E-state index in [1.165, 1.54) is 6.42 Å². The van der Waals surface area contributed by atoms with Gasteiger partial charge in [0.2, 0.25) is 0 Å². The third kappa shape index (κ3) is 6.84. The van der Waals surface area contributed by atoms with Gasteiger partial charge in [0, 0.05) is 12.2 Å². The highest BCUT2D eigenvalue weighted by molar-refractivity contribution is 7.38. The van der Waals surface area contributed by atoms with Gasteiger partial charge in [-0.1, -0.05) is 31.4 Å². The van der Waals surface area contributed by atoms with Gasteiger partial charge in [-0.25, -0.2) is 4.79 Å². The van der Waals surface area contributed by atoms with E-state index in [1.807, 2.05) is 0 Å². The zero-order valence-electron chi connectivity index (χ0n) is 15.1. The Balaban J connectivity index is 1.70. The lowest BCUT2D eigenvalue weighted by Crippen LogP contribution is -2.33. The number of carbonyl (C=O) groups is 1. The van der Waals surface area contributed by atoms with Crippen LogP contribution in [0.15, 0.2) is 24.3 Å². The molecule has 2 unspecified atom stereocenters. The van der Waals surface area contributed by atoms with Crippen LogP contribution in [0.3, 0.4) is 0 Å². The fourth-order valence-electron chi connectivity index (χ4n) is 3.72. The largest absolute Gasteiger partial charge is 0.478 e. The van der Waals surface area contributed by atoms with E-state index in [0.29, 0.717) is 19.5 Å². The standard InChI is InChI=1S/C19H30NO5P/c21-17(12-18(26(24)25)15-4-2-1-3-5-15)13-20-11-10-14-6-8-16(9-7-14)19(22)23/h6-9,15,17-18,20-21,26H,1-5,10-13H2,(H,22,23)(H,24,25)/t17-,18?/m0/s1. The molecular weight excluding hydrogens is 353 g/mol. The number of rotatable bonds is 10. The smallest absolute Gasteiger partial charge is 0.335 e. The summed E-state index contributed by atoms with van der Waals surface area (Å²) in [5.41, 5.74) is 1.02. The van der Waals surface area contributed by atoms with Gasteiger partial charge in [0.05, 0.1) is 11.7 Å². The van der Waals surface area contributed by atoms with Crippen LogP contribution in [0.1, 0.15) is 54.4 Å². The first-order chi connectivity index (χ1) is 12.5. The first kappa shape index (κ1) is 21.1. The number of carboxylic acid groups (broad SMARTS) is 1. The summed E-state index contributed by atoms with van der Waals surface area (Å²) in [6.07, 6.45) is 5.90. The van der Waals surface area contributed by atoms with Crippen LogP contribution in [-0.4, -0.2) is 45.9 Å². The minimum atomic E-state index is -2.64. The van der Waals surface area contributed by atoms with Gasteiger partial charge in [-0.05, 0) is 55.8 Å². The van der Waals surface area contributed by atoms with Crippen LogP contribution in [0.25, 0.3) is 0 Å². The Morgan fingerprint density at radius 2 is 1.85 bits per heavy atom. The first-order valence-corrected chi connectivity index (χ1v) is 10.8. The fraction of sp³-hybridized carbons (Fsp3) is 0.632. The summed E-state index contributed by atoms with van der Waals surface area (Å²) in [6, 6.07) is 6.75. The maximum atomic E-state index is 11.7. The molecule has 4 N–H and O–H groups in total. The predicted molar refractivity (Wildman–Crippen MR) is 102 cm³/mol. The molecule has 3 atom stereocenters. The summed E-state index contributed by atoms with van der Waals surface area (Å²) in [7, 11) is -2.64. The number of aliphatic hydroxyl groups excluding tert-OH is 1. The van der Waals surface area contributed by atoms with Crippen molar-refractivity contribution in [2.24, 2.45) is 5.92 Å². The molecule has 0 radical (unpaired) electrons. The topological polar surface area (TPSA) is 107 Å². The SMILES string of the molecule is O=C(O)c1ccc(CCNC[C@@H](O)CC(C2CCCCC2)[PH](=O)O)cc1. The van der Waals surface area contributed by atoms with E-state index in [-0.39, 0.29) is 17.1 Å². The van der Waals surface area contributed by atoms with E-state index >= 15 is 0 Å². The normalized spacial score (nSPS) is 19.0. The number of hydrogen-bond donors (Lipinski definition) is 4. The van der Waals surface area contributed by atoms with Crippen molar-refractivity contribution in [2.45, 2.75) is 56.7 Å². The van der Waals surface area contributed by atoms with Crippen molar-refractivity contribution in [3.63, 3.8) is 0 Å². The van der Waals surface area contributed by atoms with Gasteiger partial charge >= 0.3 is 5.97 Å². The number of nitrogens with one attached hydrogen (secondary N) is 1. The van der Waals surface area contributed by atoms with E-state index in [4.69, 9.17) is 5.11 Å². The highest BCUT2D eigenvalue weighted by Crippen LogP contribution is 2.40. The van der Waals surface area contributed by atoms with Crippen molar-refractivity contribution in [1.29, 1.82) is 0 Å². The number of aromatic carboxylic acids is 1. The Hall–Kier alpha value is -1.20. The summed E-state index contributed by atoms with van der Waals surface area (Å²) < 4.78 is 11.7. The van der Waals surface area contributed by atoms with E-state index < -0.39 is 20.1 Å². The van der Waals surface area contributed by atoms with Gasteiger partial charge in [0.25, 0.3) is 0 Å². The molecule has 1 aromatic carbocycles. The second kappa shape index (κ2) is 10.8. The second-order valence-corrected chi connectivity index (χ2v) is 8.61. The molecule has 1 fully saturated rings. The quantitative estimate of drug-likeness (QED) is 0.366. The molecule has 0 spiro atoms. The van der Waals surface area contributed by atoms with Crippen LogP contribution in [0, 0.1) is 5.92 Å². The summed E-state index contributed by atoms with van der Waals surface area (Å²) >= 11 is 0. The van der Waals surface area contributed by atoms with E-state index in [2.05, 4.69) is 5.32 Å². The minimum Gasteiger partial charge on any atom is -0.478 e. The molecule has 1 aliphatic rings. The lowest BCUT2D eigenvalue weighted by Gasteiger charge is -2.29. The summed E-state index contributed by atoms with van der Waals surface area (Å²) in [6.45, 7) is 1.05. The van der Waals surface area contributed by atoms with Gasteiger partial charge < -0.3 is 20.4 Å². The third-order valence-corrected chi connectivity index (χ3v) is 6.57. The van der Waals surface area contributed by atoms with Crippen LogP contribution < -0.4 is 5.32 Å². The van der Waals surface area contributed by atoms with Crippen LogP contribution in [-0.2, 0) is 11.0 Å². The van der Waals surface area contributed by atoms with Crippen molar-refractivity contribution in [3.05, 3.63) is 35.4 Å². The second-order valence-electron chi connectivity index (χ2n) is 7.19. The molecule has 6 nitrogen and oxygen atoms in total. The Morgan fingerprint density at radius 3 is 2.42 bits per heavy atom. The van der Waals surface area contributed by atoms with Gasteiger partial charge in [-0.2, -0.15) is 0 Å². The van der Waals surface area contributed by atoms with Gasteiger partial charge in [0.1, 0.15) is 0 Å². The minimum absolute atomic E-state index is 0.266. The molecule has 0 heterocycles. The summed E-state index contributed by atoms with van der Waals surface area (Å²) in [5, 5.41) is 22.3. The molecule has 146 valence electrons. The molecule has 0 aromatic heterocycles. The van der Waals surface area contributed by atoms with Crippen molar-refractivity contribution < 1.29 is 24.5 Å². The maximum absolute atomic E-state index is 11.7. The summed E-state index contributed by atoms with van der Waals surface area (Å²) in [5.74, 6) is -0.670. The van der Waals surface area contributed by atoms with E-state index in [0.717, 1.165) is 37.7 Å². The Morgan fingerprint density at radius 1 is 1.19 bits per heavy atom. The number of benzene rings is 1. The fourth-order valence-corrected chi connectivity index (χ4v) is 4.93. The number of carboxylic acids is 1. The summed E-state index contributed by atoms with van der Waals surface area (Å²) in [4.78, 5) is 20.5. The van der Waals surface area contributed by atoms with Gasteiger partial charge in [-0.15, -0.1) is 0 Å². The maximum Gasteiger partial charge on any atom is 0.335 e. The zero-order valence-corrected chi connectivity index (χ0v) is 16.1. The van der Waals surface area contributed by atoms with Crippen LogP contribution in [0.4, 0.5) is 0 Å². The van der Waals surface area contributed by atoms with Gasteiger partial charge in [-0.3, -0.25) is 4.57 Å². The Kier molecular flexibility index (Phi) is 8.79. The molecule has 0 saturated heterocycles. The average molecular weight is 383 g/mol. The molecule has 0 amide bonds. The molecule has 0 bridgehead atoms. The van der Waals surface area contributed by atoms with E-state index in [9.17, 15) is 19.4 Å². The van der Waals surface area contributed by atoms with E-state index in [1.54, 1.807) is 24.3 Å². The van der Waals surface area contributed by atoms with Crippen LogP contribution in [0.2, 0.25) is 0 Å². The first-order valence-electron chi connectivity index (χ1n) is 9.41. The predicted octanol–water partition coefficient (Wildman–Crippen LogP) is 2.68. The average Bonchev–Trinajstić information content (AvgIpc) is 2.64. The molecule has 2 rings (SSSR count). The molecule has 1 saturated carbocycles. The Labute approximate surface area is 155 Å². The molecular formula is C19H30NO5P. The highest BCUT2D eigenvalue weighted by Gasteiger charge is 2.29. The Bertz CT molecular complexity index is 586. The number of hydrogen-bond acceptors (Lipinski definition) is 4. The van der Waals surface area contributed by atoms with Gasteiger partial charge in [0.15, 0.2) is 8.03 Å². The molecule has 1 aliphatic carbocycles. The molecule has 7 heteroatoms. The van der Waals surface area contributed by atoms with Crippen molar-refractivity contribution >= 4 is 14.0 Å². The molecule has 0 aliphatic heterocycles. The molecule has 26 heavy (non-hydrogen) atoms. The lowest BCUT2D eigenvalue weighted by atomic mass is 9.85. The highest BCUT2D eigenvalue weighted by atomic mass is 31.1. The third-order valence-electron chi connectivity index (χ3n) is 5.23.